The highest BCUT2D eigenvalue weighted by molar-refractivity contribution is 8.00. The van der Waals surface area contributed by atoms with Gasteiger partial charge in [-0.2, -0.15) is 0 Å². The lowest BCUT2D eigenvalue weighted by molar-refractivity contribution is -0.119. The molecule has 0 spiro atoms. The van der Waals surface area contributed by atoms with Gasteiger partial charge in [0.1, 0.15) is 0 Å². The van der Waals surface area contributed by atoms with Crippen molar-refractivity contribution < 1.29 is 9.59 Å². The standard InChI is InChI=1S/C20H23ClN2O2S/c1-14(2)23-19(24)13-26-18-9-4-3-8-17(18)20(25)22-11-10-15-6-5-7-16(21)12-15/h3-9,12,14H,10-11,13H2,1-2H3,(H,22,25)(H,23,24). The van der Waals surface area contributed by atoms with Crippen LogP contribution in [0.5, 0.6) is 0 Å². The summed E-state index contributed by atoms with van der Waals surface area (Å²) in [7, 11) is 0. The number of carbonyl (C=O) groups is 2. The van der Waals surface area contributed by atoms with Crippen molar-refractivity contribution in [3.8, 4) is 0 Å². The van der Waals surface area contributed by atoms with Crippen molar-refractivity contribution in [3.05, 3.63) is 64.7 Å². The third kappa shape index (κ3) is 6.73. The maximum Gasteiger partial charge on any atom is 0.252 e. The van der Waals surface area contributed by atoms with Gasteiger partial charge in [0.15, 0.2) is 0 Å². The molecule has 0 saturated carbocycles. The molecule has 0 fully saturated rings. The first-order valence-corrected chi connectivity index (χ1v) is 9.86. The fraction of sp³-hybridized carbons (Fsp3) is 0.300. The molecule has 2 N–H and O–H groups in total. The number of amides is 2. The Morgan fingerprint density at radius 3 is 2.62 bits per heavy atom. The Labute approximate surface area is 163 Å². The van der Waals surface area contributed by atoms with E-state index in [1.54, 1.807) is 6.07 Å². The summed E-state index contributed by atoms with van der Waals surface area (Å²) >= 11 is 7.34. The first-order chi connectivity index (χ1) is 12.5. The van der Waals surface area contributed by atoms with E-state index in [4.69, 9.17) is 11.6 Å². The molecule has 2 aromatic rings. The molecule has 0 aliphatic carbocycles. The van der Waals surface area contributed by atoms with E-state index in [-0.39, 0.29) is 23.6 Å². The van der Waals surface area contributed by atoms with Gasteiger partial charge in [-0.25, -0.2) is 0 Å². The van der Waals surface area contributed by atoms with Gasteiger partial charge in [0.05, 0.1) is 11.3 Å². The molecule has 26 heavy (non-hydrogen) atoms. The summed E-state index contributed by atoms with van der Waals surface area (Å²) in [5.74, 6) is 0.103. The molecule has 2 aromatic carbocycles. The molecule has 2 rings (SSSR count). The molecule has 2 amide bonds. The average molecular weight is 391 g/mol. The molecular weight excluding hydrogens is 368 g/mol. The van der Waals surface area contributed by atoms with Gasteiger partial charge in [-0.3, -0.25) is 9.59 Å². The van der Waals surface area contributed by atoms with Gasteiger partial charge < -0.3 is 10.6 Å². The number of hydrogen-bond acceptors (Lipinski definition) is 3. The highest BCUT2D eigenvalue weighted by Gasteiger charge is 2.12. The zero-order chi connectivity index (χ0) is 18.9. The van der Waals surface area contributed by atoms with Gasteiger partial charge in [0, 0.05) is 22.5 Å². The van der Waals surface area contributed by atoms with Crippen molar-refractivity contribution in [1.29, 1.82) is 0 Å². The molecule has 0 aliphatic rings. The third-order valence-electron chi connectivity index (χ3n) is 3.53. The number of carbonyl (C=O) groups excluding carboxylic acids is 2. The van der Waals surface area contributed by atoms with E-state index < -0.39 is 0 Å². The topological polar surface area (TPSA) is 58.2 Å². The Bertz CT molecular complexity index is 765. The Hall–Kier alpha value is -1.98. The van der Waals surface area contributed by atoms with Crippen molar-refractivity contribution in [1.82, 2.24) is 10.6 Å². The van der Waals surface area contributed by atoms with Crippen molar-refractivity contribution >= 4 is 35.2 Å². The first kappa shape index (κ1) is 20.3. The van der Waals surface area contributed by atoms with Crippen LogP contribution >= 0.6 is 23.4 Å². The molecule has 0 unspecified atom stereocenters. The smallest absolute Gasteiger partial charge is 0.252 e. The van der Waals surface area contributed by atoms with Crippen LogP contribution in [0.15, 0.2) is 53.4 Å². The van der Waals surface area contributed by atoms with Crippen LogP contribution in [0.4, 0.5) is 0 Å². The molecule has 0 saturated heterocycles. The molecule has 138 valence electrons. The zero-order valence-electron chi connectivity index (χ0n) is 14.9. The summed E-state index contributed by atoms with van der Waals surface area (Å²) in [6, 6.07) is 15.0. The molecule has 0 heterocycles. The number of rotatable bonds is 8. The van der Waals surface area contributed by atoms with Gasteiger partial charge >= 0.3 is 0 Å². The van der Waals surface area contributed by atoms with E-state index in [9.17, 15) is 9.59 Å². The van der Waals surface area contributed by atoms with Gasteiger partial charge in [-0.05, 0) is 50.1 Å². The molecule has 0 atom stereocenters. The largest absolute Gasteiger partial charge is 0.353 e. The fourth-order valence-corrected chi connectivity index (χ4v) is 3.47. The molecule has 0 aliphatic heterocycles. The third-order valence-corrected chi connectivity index (χ3v) is 4.84. The summed E-state index contributed by atoms with van der Waals surface area (Å²) in [4.78, 5) is 25.1. The highest BCUT2D eigenvalue weighted by Crippen LogP contribution is 2.22. The average Bonchev–Trinajstić information content (AvgIpc) is 2.59. The van der Waals surface area contributed by atoms with Gasteiger partial charge in [0.25, 0.3) is 5.91 Å². The Morgan fingerprint density at radius 1 is 1.12 bits per heavy atom. The van der Waals surface area contributed by atoms with Crippen LogP contribution in [-0.4, -0.2) is 30.2 Å². The second-order valence-corrected chi connectivity index (χ2v) is 7.60. The van der Waals surface area contributed by atoms with Crippen LogP contribution in [0, 0.1) is 0 Å². The summed E-state index contributed by atoms with van der Waals surface area (Å²) in [5.41, 5.74) is 1.66. The molecule has 0 aromatic heterocycles. The second kappa shape index (κ2) is 10.2. The summed E-state index contributed by atoms with van der Waals surface area (Å²) in [6.45, 7) is 4.36. The van der Waals surface area contributed by atoms with Crippen molar-refractivity contribution in [3.63, 3.8) is 0 Å². The minimum atomic E-state index is -0.139. The van der Waals surface area contributed by atoms with Crippen molar-refractivity contribution in [2.75, 3.05) is 12.3 Å². The Kier molecular flexibility index (Phi) is 8.01. The van der Waals surface area contributed by atoms with E-state index in [2.05, 4.69) is 10.6 Å². The minimum absolute atomic E-state index is 0.0406. The van der Waals surface area contributed by atoms with Crippen LogP contribution < -0.4 is 10.6 Å². The lowest BCUT2D eigenvalue weighted by Crippen LogP contribution is -2.31. The molecule has 4 nitrogen and oxygen atoms in total. The number of hydrogen-bond donors (Lipinski definition) is 2. The van der Waals surface area contributed by atoms with Gasteiger partial charge in [0.2, 0.25) is 5.91 Å². The van der Waals surface area contributed by atoms with Gasteiger partial charge in [-0.1, -0.05) is 35.9 Å². The quantitative estimate of drug-likeness (QED) is 0.671. The first-order valence-electron chi connectivity index (χ1n) is 8.49. The number of thioether (sulfide) groups is 1. The maximum absolute atomic E-state index is 12.5. The normalized spacial score (nSPS) is 10.6. The lowest BCUT2D eigenvalue weighted by atomic mass is 10.1. The summed E-state index contributed by atoms with van der Waals surface area (Å²) < 4.78 is 0. The minimum Gasteiger partial charge on any atom is -0.353 e. The molecular formula is C20H23ClN2O2S. The van der Waals surface area contributed by atoms with E-state index in [1.807, 2.05) is 56.3 Å². The van der Waals surface area contributed by atoms with Gasteiger partial charge in [-0.15, -0.1) is 11.8 Å². The maximum atomic E-state index is 12.5. The zero-order valence-corrected chi connectivity index (χ0v) is 16.5. The Balaban J connectivity index is 1.91. The van der Waals surface area contributed by atoms with E-state index in [0.29, 0.717) is 23.6 Å². The number of benzene rings is 2. The van der Waals surface area contributed by atoms with Crippen molar-refractivity contribution in [2.45, 2.75) is 31.2 Å². The SMILES string of the molecule is CC(C)NC(=O)CSc1ccccc1C(=O)NCCc1cccc(Cl)c1. The predicted octanol–water partition coefficient (Wildman–Crippen LogP) is 3.93. The van der Waals surface area contributed by atoms with Crippen molar-refractivity contribution in [2.24, 2.45) is 0 Å². The second-order valence-electron chi connectivity index (χ2n) is 6.14. The molecule has 0 bridgehead atoms. The Morgan fingerprint density at radius 2 is 1.88 bits per heavy atom. The monoisotopic (exact) mass is 390 g/mol. The summed E-state index contributed by atoms with van der Waals surface area (Å²) in [6.07, 6.45) is 0.707. The van der Waals surface area contributed by atoms with Crippen LogP contribution in [0.3, 0.4) is 0 Å². The van der Waals surface area contributed by atoms with Crippen LogP contribution in [0.25, 0.3) is 0 Å². The van der Waals surface area contributed by atoms with E-state index >= 15 is 0 Å². The molecule has 0 radical (unpaired) electrons. The van der Waals surface area contributed by atoms with E-state index in [0.717, 1.165) is 10.5 Å². The lowest BCUT2D eigenvalue weighted by Gasteiger charge is -2.11. The van der Waals surface area contributed by atoms with E-state index in [1.165, 1.54) is 11.8 Å². The number of nitrogens with one attached hydrogen (secondary N) is 2. The predicted molar refractivity (Wildman–Crippen MR) is 108 cm³/mol. The van der Waals surface area contributed by atoms with Crippen LogP contribution in [-0.2, 0) is 11.2 Å². The van der Waals surface area contributed by atoms with Crippen LogP contribution in [0.1, 0.15) is 29.8 Å². The summed E-state index contributed by atoms with van der Waals surface area (Å²) in [5, 5.41) is 6.47. The highest BCUT2D eigenvalue weighted by atomic mass is 35.5. The number of halogens is 1. The fourth-order valence-electron chi connectivity index (χ4n) is 2.40. The van der Waals surface area contributed by atoms with Crippen LogP contribution in [0.2, 0.25) is 5.02 Å². The molecule has 6 heteroatoms.